The number of nitrogens with one attached hydrogen (secondary N) is 2. The molecule has 0 bridgehead atoms. The normalized spacial score (nSPS) is 10.2. The van der Waals surface area contributed by atoms with E-state index in [2.05, 4.69) is 20.6 Å². The van der Waals surface area contributed by atoms with Crippen LogP contribution in [0.3, 0.4) is 0 Å². The monoisotopic (exact) mass is 340 g/mol. The van der Waals surface area contributed by atoms with Crippen molar-refractivity contribution >= 4 is 33.9 Å². The van der Waals surface area contributed by atoms with E-state index in [1.165, 1.54) is 11.3 Å². The van der Waals surface area contributed by atoms with E-state index in [4.69, 9.17) is 4.74 Å². The van der Waals surface area contributed by atoms with Crippen LogP contribution in [0.1, 0.15) is 11.3 Å². The summed E-state index contributed by atoms with van der Waals surface area (Å²) in [5, 5.41) is 6.49. The van der Waals surface area contributed by atoms with E-state index >= 15 is 0 Å². The number of pyridine rings is 1. The zero-order valence-electron chi connectivity index (χ0n) is 13.2. The fourth-order valence-corrected chi connectivity index (χ4v) is 2.68. The number of carbonyl (C=O) groups excluding carboxylic acids is 1. The molecule has 24 heavy (non-hydrogen) atoms. The van der Waals surface area contributed by atoms with Crippen molar-refractivity contribution in [2.75, 3.05) is 10.6 Å². The first-order valence-corrected chi connectivity index (χ1v) is 8.18. The van der Waals surface area contributed by atoms with Crippen LogP contribution in [-0.2, 0) is 0 Å². The molecule has 3 aromatic rings. The minimum Gasteiger partial charge on any atom is -0.388 e. The number of anilines is 3. The Balaban J connectivity index is 1.69. The number of aryl methyl sites for hydroxylation is 2. The average molecular weight is 340 g/mol. The van der Waals surface area contributed by atoms with Crippen LogP contribution in [-0.4, -0.2) is 16.1 Å². The molecule has 0 spiro atoms. The third-order valence-corrected chi connectivity index (χ3v) is 3.96. The first kappa shape index (κ1) is 15.9. The quantitative estimate of drug-likeness (QED) is 0.731. The molecular formula is C17H16N4O2S. The number of amides is 1. The van der Waals surface area contributed by atoms with Gasteiger partial charge in [0, 0.05) is 11.4 Å². The molecule has 3 rings (SSSR count). The summed E-state index contributed by atoms with van der Waals surface area (Å²) < 4.78 is 5.29. The Morgan fingerprint density at radius 2 is 1.96 bits per heavy atom. The first-order valence-electron chi connectivity index (χ1n) is 7.30. The van der Waals surface area contributed by atoms with Gasteiger partial charge in [0.2, 0.25) is 0 Å². The highest BCUT2D eigenvalue weighted by atomic mass is 32.1. The van der Waals surface area contributed by atoms with Crippen LogP contribution in [0.4, 0.5) is 21.3 Å². The maximum atomic E-state index is 12.0. The summed E-state index contributed by atoms with van der Waals surface area (Å²) in [7, 11) is 0. The van der Waals surface area contributed by atoms with Gasteiger partial charge in [0.1, 0.15) is 5.82 Å². The van der Waals surface area contributed by atoms with Crippen molar-refractivity contribution in [1.29, 1.82) is 0 Å². The maximum absolute atomic E-state index is 12.0. The van der Waals surface area contributed by atoms with Crippen LogP contribution >= 0.6 is 11.3 Å². The molecule has 0 radical (unpaired) electrons. The minimum atomic E-state index is -0.633. The van der Waals surface area contributed by atoms with Crippen LogP contribution in [0, 0.1) is 13.8 Å². The van der Waals surface area contributed by atoms with Crippen molar-refractivity contribution in [3.05, 3.63) is 59.2 Å². The third-order valence-electron chi connectivity index (χ3n) is 3.24. The Kier molecular flexibility index (Phi) is 4.72. The molecule has 0 aliphatic rings. The van der Waals surface area contributed by atoms with E-state index in [0.29, 0.717) is 10.8 Å². The summed E-state index contributed by atoms with van der Waals surface area (Å²) >= 11 is 1.36. The summed E-state index contributed by atoms with van der Waals surface area (Å²) in [6.45, 7) is 3.85. The molecule has 2 aromatic heterocycles. The molecule has 1 amide bonds. The predicted molar refractivity (Wildman–Crippen MR) is 95.2 cm³/mol. The number of aromatic nitrogens is 2. The number of thiazole rings is 1. The van der Waals surface area contributed by atoms with Gasteiger partial charge in [0.15, 0.2) is 5.00 Å². The highest BCUT2D eigenvalue weighted by Gasteiger charge is 2.14. The molecule has 0 saturated heterocycles. The minimum absolute atomic E-state index is 0.230. The summed E-state index contributed by atoms with van der Waals surface area (Å²) in [5.74, 6) is 0.664. The van der Waals surface area contributed by atoms with Crippen molar-refractivity contribution in [2.24, 2.45) is 0 Å². The van der Waals surface area contributed by atoms with Gasteiger partial charge in [-0.25, -0.2) is 14.8 Å². The molecule has 0 aliphatic heterocycles. The van der Waals surface area contributed by atoms with Crippen molar-refractivity contribution in [3.63, 3.8) is 0 Å². The number of rotatable bonds is 4. The van der Waals surface area contributed by atoms with Gasteiger partial charge in [-0.2, -0.15) is 0 Å². The third kappa shape index (κ3) is 3.88. The maximum Gasteiger partial charge on any atom is 0.419 e. The van der Waals surface area contributed by atoms with Gasteiger partial charge in [0.05, 0.1) is 5.51 Å². The van der Waals surface area contributed by atoms with Gasteiger partial charge in [-0.05, 0) is 37.6 Å². The molecule has 0 atom stereocenters. The molecule has 7 heteroatoms. The molecule has 2 heterocycles. The second-order valence-electron chi connectivity index (χ2n) is 5.11. The van der Waals surface area contributed by atoms with Crippen molar-refractivity contribution in [3.8, 4) is 5.88 Å². The number of nitrogens with zero attached hydrogens (tertiary/aromatic N) is 2. The SMILES string of the molecule is Cc1cccc(NC(=O)Oc2ncsc2Nc2ccccc2C)n1. The number of ether oxygens (including phenoxy) is 1. The van der Waals surface area contributed by atoms with Crippen molar-refractivity contribution < 1.29 is 9.53 Å². The Labute approximate surface area is 143 Å². The number of hydrogen-bond acceptors (Lipinski definition) is 6. The van der Waals surface area contributed by atoms with Crippen LogP contribution in [0.15, 0.2) is 48.0 Å². The van der Waals surface area contributed by atoms with Gasteiger partial charge < -0.3 is 10.1 Å². The Hall–Kier alpha value is -2.93. The van der Waals surface area contributed by atoms with Crippen LogP contribution in [0.5, 0.6) is 5.88 Å². The molecule has 0 fully saturated rings. The summed E-state index contributed by atoms with van der Waals surface area (Å²) in [6, 6.07) is 13.2. The number of benzene rings is 1. The van der Waals surface area contributed by atoms with E-state index in [0.717, 1.165) is 16.9 Å². The smallest absolute Gasteiger partial charge is 0.388 e. The standard InChI is InChI=1S/C17H16N4O2S/c1-11-6-3-4-8-13(11)20-16-15(18-10-24-16)23-17(22)21-14-9-5-7-12(2)19-14/h3-10,20H,1-2H3,(H,19,21,22). The lowest BCUT2D eigenvalue weighted by atomic mass is 10.2. The van der Waals surface area contributed by atoms with Gasteiger partial charge in [-0.3, -0.25) is 5.32 Å². The molecule has 0 aliphatic carbocycles. The highest BCUT2D eigenvalue weighted by molar-refractivity contribution is 7.14. The molecule has 1 aromatic carbocycles. The fraction of sp³-hybridized carbons (Fsp3) is 0.118. The first-order chi connectivity index (χ1) is 11.6. The van der Waals surface area contributed by atoms with E-state index in [1.54, 1.807) is 11.6 Å². The fourth-order valence-electron chi connectivity index (χ4n) is 2.06. The highest BCUT2D eigenvalue weighted by Crippen LogP contribution is 2.32. The Bertz CT molecular complexity index is 863. The van der Waals surface area contributed by atoms with Crippen molar-refractivity contribution in [2.45, 2.75) is 13.8 Å². The molecule has 2 N–H and O–H groups in total. The van der Waals surface area contributed by atoms with Gasteiger partial charge >= 0.3 is 6.09 Å². The Morgan fingerprint density at radius 3 is 2.75 bits per heavy atom. The molecule has 0 saturated carbocycles. The predicted octanol–water partition coefficient (Wildman–Crippen LogP) is 4.51. The van der Waals surface area contributed by atoms with E-state index < -0.39 is 6.09 Å². The zero-order chi connectivity index (χ0) is 16.9. The molecule has 122 valence electrons. The zero-order valence-corrected chi connectivity index (χ0v) is 14.1. The number of carbonyl (C=O) groups is 1. The topological polar surface area (TPSA) is 76.1 Å². The average Bonchev–Trinajstić information content (AvgIpc) is 2.96. The molecular weight excluding hydrogens is 324 g/mol. The van der Waals surface area contributed by atoms with E-state index in [1.807, 2.05) is 50.2 Å². The van der Waals surface area contributed by atoms with Crippen molar-refractivity contribution in [1.82, 2.24) is 9.97 Å². The Morgan fingerprint density at radius 1 is 1.12 bits per heavy atom. The van der Waals surface area contributed by atoms with Crippen LogP contribution in [0.25, 0.3) is 0 Å². The lowest BCUT2D eigenvalue weighted by Crippen LogP contribution is -2.18. The molecule has 6 nitrogen and oxygen atoms in total. The number of para-hydroxylation sites is 1. The van der Waals surface area contributed by atoms with Gasteiger partial charge in [-0.1, -0.05) is 24.3 Å². The lowest BCUT2D eigenvalue weighted by molar-refractivity contribution is 0.214. The second kappa shape index (κ2) is 7.10. The second-order valence-corrected chi connectivity index (χ2v) is 5.96. The number of hydrogen-bond donors (Lipinski definition) is 2. The lowest BCUT2D eigenvalue weighted by Gasteiger charge is -2.09. The summed E-state index contributed by atoms with van der Waals surface area (Å²) in [5.41, 5.74) is 4.45. The van der Waals surface area contributed by atoms with Crippen LogP contribution < -0.4 is 15.4 Å². The molecule has 0 unspecified atom stereocenters. The van der Waals surface area contributed by atoms with Gasteiger partial charge in [-0.15, -0.1) is 11.3 Å². The summed E-state index contributed by atoms with van der Waals surface area (Å²) in [6.07, 6.45) is -0.633. The largest absolute Gasteiger partial charge is 0.419 e. The van der Waals surface area contributed by atoms with Gasteiger partial charge in [0.25, 0.3) is 5.88 Å². The van der Waals surface area contributed by atoms with Crippen LogP contribution in [0.2, 0.25) is 0 Å². The summed E-state index contributed by atoms with van der Waals surface area (Å²) in [4.78, 5) is 20.3. The van der Waals surface area contributed by atoms with E-state index in [-0.39, 0.29) is 5.88 Å². The van der Waals surface area contributed by atoms with E-state index in [9.17, 15) is 4.79 Å².